The van der Waals surface area contributed by atoms with Crippen LogP contribution in [0.4, 0.5) is 13.2 Å². The Hall–Kier alpha value is -2.84. The minimum Gasteiger partial charge on any atom is -0.353 e. The maximum atomic E-state index is 13.0. The van der Waals surface area contributed by atoms with Gasteiger partial charge in [-0.1, -0.05) is 12.1 Å². The number of aryl methyl sites for hydroxylation is 1. The van der Waals surface area contributed by atoms with Gasteiger partial charge in [-0.2, -0.15) is 13.2 Å². The van der Waals surface area contributed by atoms with Crippen LogP contribution in [0.15, 0.2) is 35.1 Å². The minimum atomic E-state index is -4.47. The molecule has 1 aromatic rings. The number of aliphatic imine (C=N–C) groups is 1. The summed E-state index contributed by atoms with van der Waals surface area (Å²) in [6.07, 6.45) is -1.77. The fourth-order valence-electron chi connectivity index (χ4n) is 2.56. The zero-order valence-corrected chi connectivity index (χ0v) is 14.5. The highest BCUT2D eigenvalue weighted by Crippen LogP contribution is 2.32. The zero-order valence-electron chi connectivity index (χ0n) is 14.5. The highest BCUT2D eigenvalue weighted by atomic mass is 19.4. The van der Waals surface area contributed by atoms with E-state index in [9.17, 15) is 22.8 Å². The molecular formula is C17H19F3N4O2. The quantitative estimate of drug-likeness (QED) is 0.760. The van der Waals surface area contributed by atoms with Crippen LogP contribution in [-0.2, 0) is 22.3 Å². The Balaban J connectivity index is 2.18. The SMILES string of the molecule is CC(=O)NC1(C(=O)NCc2ccc(C)c(C(F)(F)F)c2)C=NC=C(C)N1. The van der Waals surface area contributed by atoms with Crippen molar-refractivity contribution in [2.45, 2.75) is 39.2 Å². The molecule has 140 valence electrons. The third-order valence-corrected chi connectivity index (χ3v) is 3.72. The van der Waals surface area contributed by atoms with Crippen LogP contribution in [0.5, 0.6) is 0 Å². The Morgan fingerprint density at radius 3 is 2.54 bits per heavy atom. The summed E-state index contributed by atoms with van der Waals surface area (Å²) in [6, 6.07) is 3.85. The maximum absolute atomic E-state index is 13.0. The van der Waals surface area contributed by atoms with Crippen molar-refractivity contribution in [3.63, 3.8) is 0 Å². The van der Waals surface area contributed by atoms with Gasteiger partial charge in [0.05, 0.1) is 11.8 Å². The first-order chi connectivity index (χ1) is 12.0. The fraction of sp³-hybridized carbons (Fsp3) is 0.353. The first-order valence-electron chi connectivity index (χ1n) is 7.76. The van der Waals surface area contributed by atoms with Crippen LogP contribution >= 0.6 is 0 Å². The van der Waals surface area contributed by atoms with Gasteiger partial charge in [-0.15, -0.1) is 0 Å². The summed E-state index contributed by atoms with van der Waals surface area (Å²) >= 11 is 0. The van der Waals surface area contributed by atoms with Crippen LogP contribution in [0.25, 0.3) is 0 Å². The number of benzene rings is 1. The Bertz CT molecular complexity index is 783. The number of nitrogens with zero attached hydrogens (tertiary/aromatic N) is 1. The topological polar surface area (TPSA) is 82.6 Å². The van der Waals surface area contributed by atoms with Gasteiger partial charge < -0.3 is 16.0 Å². The number of allylic oxidation sites excluding steroid dienone is 1. The van der Waals surface area contributed by atoms with E-state index in [-0.39, 0.29) is 17.7 Å². The highest BCUT2D eigenvalue weighted by Gasteiger charge is 2.39. The van der Waals surface area contributed by atoms with E-state index >= 15 is 0 Å². The van der Waals surface area contributed by atoms with Crippen LogP contribution < -0.4 is 16.0 Å². The van der Waals surface area contributed by atoms with E-state index in [0.29, 0.717) is 5.70 Å². The molecule has 0 spiro atoms. The van der Waals surface area contributed by atoms with Crippen molar-refractivity contribution in [2.75, 3.05) is 0 Å². The molecule has 0 aliphatic carbocycles. The Morgan fingerprint density at radius 1 is 1.27 bits per heavy atom. The number of halogens is 3. The molecule has 1 aliphatic heterocycles. The number of nitrogens with one attached hydrogen (secondary N) is 3. The van der Waals surface area contributed by atoms with Gasteiger partial charge in [-0.05, 0) is 31.0 Å². The van der Waals surface area contributed by atoms with Gasteiger partial charge >= 0.3 is 6.18 Å². The molecule has 1 aromatic carbocycles. The summed E-state index contributed by atoms with van der Waals surface area (Å²) in [5, 5.41) is 7.84. The van der Waals surface area contributed by atoms with Crippen molar-refractivity contribution >= 4 is 18.0 Å². The van der Waals surface area contributed by atoms with Crippen molar-refractivity contribution < 1.29 is 22.8 Å². The lowest BCUT2D eigenvalue weighted by Crippen LogP contribution is -2.68. The lowest BCUT2D eigenvalue weighted by atomic mass is 10.0. The van der Waals surface area contributed by atoms with E-state index in [1.807, 2.05) is 0 Å². The molecule has 26 heavy (non-hydrogen) atoms. The van der Waals surface area contributed by atoms with E-state index in [2.05, 4.69) is 20.9 Å². The van der Waals surface area contributed by atoms with Crippen LogP contribution in [0, 0.1) is 6.92 Å². The Kier molecular flexibility index (Phi) is 5.38. The van der Waals surface area contributed by atoms with E-state index < -0.39 is 29.2 Å². The van der Waals surface area contributed by atoms with E-state index in [4.69, 9.17) is 0 Å². The molecular weight excluding hydrogens is 349 g/mol. The van der Waals surface area contributed by atoms with E-state index in [1.54, 1.807) is 6.92 Å². The molecule has 1 aliphatic rings. The summed E-state index contributed by atoms with van der Waals surface area (Å²) in [6.45, 7) is 4.14. The van der Waals surface area contributed by atoms with Gasteiger partial charge in [0.2, 0.25) is 11.6 Å². The predicted octanol–water partition coefficient (Wildman–Crippen LogP) is 2.00. The second kappa shape index (κ2) is 7.19. The molecule has 0 saturated carbocycles. The molecule has 1 heterocycles. The highest BCUT2D eigenvalue weighted by molar-refractivity contribution is 6.06. The number of rotatable bonds is 4. The molecule has 0 aromatic heterocycles. The Labute approximate surface area is 148 Å². The minimum absolute atomic E-state index is 0.101. The summed E-state index contributed by atoms with van der Waals surface area (Å²) in [4.78, 5) is 28.0. The third-order valence-electron chi connectivity index (χ3n) is 3.72. The van der Waals surface area contributed by atoms with Gasteiger partial charge in [-0.3, -0.25) is 14.6 Å². The predicted molar refractivity (Wildman–Crippen MR) is 90.0 cm³/mol. The first-order valence-corrected chi connectivity index (χ1v) is 7.76. The van der Waals surface area contributed by atoms with Crippen molar-refractivity contribution in [1.82, 2.24) is 16.0 Å². The Morgan fingerprint density at radius 2 is 1.96 bits per heavy atom. The van der Waals surface area contributed by atoms with Crippen LogP contribution in [0.3, 0.4) is 0 Å². The second-order valence-electron chi connectivity index (χ2n) is 6.03. The molecule has 0 bridgehead atoms. The number of carbonyl (C=O) groups is 2. The average molecular weight is 368 g/mol. The average Bonchev–Trinajstić information content (AvgIpc) is 2.52. The number of carbonyl (C=O) groups excluding carboxylic acids is 2. The monoisotopic (exact) mass is 368 g/mol. The van der Waals surface area contributed by atoms with Crippen molar-refractivity contribution in [1.29, 1.82) is 0 Å². The molecule has 0 fully saturated rings. The van der Waals surface area contributed by atoms with Gasteiger partial charge in [0.15, 0.2) is 0 Å². The molecule has 6 nitrogen and oxygen atoms in total. The third kappa shape index (κ3) is 4.41. The van der Waals surface area contributed by atoms with Gasteiger partial charge in [-0.25, -0.2) is 0 Å². The smallest absolute Gasteiger partial charge is 0.353 e. The van der Waals surface area contributed by atoms with E-state index in [0.717, 1.165) is 6.07 Å². The van der Waals surface area contributed by atoms with Crippen LogP contribution in [0.1, 0.15) is 30.5 Å². The standard InChI is InChI=1S/C17H19F3N4O2/c1-10-4-5-13(6-14(10)17(18,19)20)8-22-15(26)16(24-12(3)25)9-21-7-11(2)23-16/h4-7,9,23H,8H2,1-3H3,(H,22,26)(H,24,25). The van der Waals surface area contributed by atoms with Crippen molar-refractivity contribution in [3.8, 4) is 0 Å². The second-order valence-corrected chi connectivity index (χ2v) is 6.03. The molecule has 2 rings (SSSR count). The lowest BCUT2D eigenvalue weighted by Gasteiger charge is -2.33. The molecule has 0 radical (unpaired) electrons. The molecule has 1 unspecified atom stereocenters. The molecule has 2 amide bonds. The molecule has 9 heteroatoms. The van der Waals surface area contributed by atoms with Crippen LogP contribution in [-0.4, -0.2) is 23.7 Å². The van der Waals surface area contributed by atoms with Crippen LogP contribution in [0.2, 0.25) is 0 Å². The summed E-state index contributed by atoms with van der Waals surface area (Å²) < 4.78 is 39.0. The van der Waals surface area contributed by atoms with Gasteiger partial charge in [0.1, 0.15) is 0 Å². The fourth-order valence-corrected chi connectivity index (χ4v) is 2.56. The summed E-state index contributed by atoms with van der Waals surface area (Å²) in [5.74, 6) is -1.11. The van der Waals surface area contributed by atoms with Gasteiger partial charge in [0.25, 0.3) is 5.91 Å². The van der Waals surface area contributed by atoms with Crippen molar-refractivity contribution in [3.05, 3.63) is 46.8 Å². The number of hydrogen-bond donors (Lipinski definition) is 3. The summed E-state index contributed by atoms with van der Waals surface area (Å²) in [5.41, 5.74) is -1.41. The lowest BCUT2D eigenvalue weighted by molar-refractivity contribution is -0.138. The van der Waals surface area contributed by atoms with Gasteiger partial charge in [0, 0.05) is 25.4 Å². The molecule has 3 N–H and O–H groups in total. The summed E-state index contributed by atoms with van der Waals surface area (Å²) in [7, 11) is 0. The number of amides is 2. The first kappa shape index (κ1) is 19.5. The van der Waals surface area contributed by atoms with E-state index in [1.165, 1.54) is 38.4 Å². The maximum Gasteiger partial charge on any atom is 0.416 e. The zero-order chi connectivity index (χ0) is 19.5. The molecule has 1 atom stereocenters. The molecule has 0 saturated heterocycles. The number of alkyl halides is 3. The van der Waals surface area contributed by atoms with Crippen molar-refractivity contribution in [2.24, 2.45) is 4.99 Å². The normalized spacial score (nSPS) is 19.4. The number of hydrogen-bond acceptors (Lipinski definition) is 4. The largest absolute Gasteiger partial charge is 0.416 e.